The second kappa shape index (κ2) is 7.67. The minimum atomic E-state index is -0.998. The Balaban J connectivity index is 2.78. The number of carbonyl (C=O) groups excluding carboxylic acids is 1. The number of carbonyl (C=O) groups is 2. The molecule has 0 aromatic heterocycles. The van der Waals surface area contributed by atoms with Crippen LogP contribution in [0.1, 0.15) is 25.7 Å². The number of benzene rings is 1. The highest BCUT2D eigenvalue weighted by Gasteiger charge is 2.30. The Morgan fingerprint density at radius 1 is 1.09 bits per heavy atom. The second-order valence-electron chi connectivity index (χ2n) is 4.21. The Hall–Kier alpha value is -3.04. The first-order valence-corrected chi connectivity index (χ1v) is 6.17. The molecule has 0 saturated heterocycles. The van der Waals surface area contributed by atoms with E-state index in [9.17, 15) is 29.8 Å². The van der Waals surface area contributed by atoms with Gasteiger partial charge in [0.15, 0.2) is 0 Å². The summed E-state index contributed by atoms with van der Waals surface area (Å²) in [5.74, 6) is -2.33. The molecule has 1 N–H and O–H groups in total. The SMILES string of the molecule is O=C(O)CCCCC(=O)Oc1cccc([N+](=O)[O-])c1[N+](=O)[O-]. The molecular weight excluding hydrogens is 300 g/mol. The molecule has 1 rings (SSSR count). The maximum Gasteiger partial charge on any atom is 0.388 e. The van der Waals surface area contributed by atoms with Crippen LogP contribution in [0.2, 0.25) is 0 Å². The summed E-state index contributed by atoms with van der Waals surface area (Å²) in [6.07, 6.45) is 0.229. The minimum absolute atomic E-state index is 0.107. The van der Waals surface area contributed by atoms with Gasteiger partial charge in [-0.25, -0.2) is 0 Å². The molecule has 0 amide bonds. The van der Waals surface area contributed by atoms with Crippen LogP contribution >= 0.6 is 0 Å². The van der Waals surface area contributed by atoms with E-state index in [1.165, 1.54) is 0 Å². The lowest BCUT2D eigenvalue weighted by Gasteiger charge is -2.05. The molecule has 118 valence electrons. The van der Waals surface area contributed by atoms with Crippen LogP contribution in [0.15, 0.2) is 18.2 Å². The van der Waals surface area contributed by atoms with Crippen molar-refractivity contribution in [2.75, 3.05) is 0 Å². The highest BCUT2D eigenvalue weighted by Crippen LogP contribution is 2.36. The van der Waals surface area contributed by atoms with E-state index in [0.29, 0.717) is 0 Å². The van der Waals surface area contributed by atoms with Crippen LogP contribution in [0.25, 0.3) is 0 Å². The molecule has 0 aliphatic carbocycles. The van der Waals surface area contributed by atoms with Crippen molar-refractivity contribution in [3.63, 3.8) is 0 Å². The smallest absolute Gasteiger partial charge is 0.388 e. The van der Waals surface area contributed by atoms with Gasteiger partial charge < -0.3 is 9.84 Å². The number of carboxylic acids is 1. The van der Waals surface area contributed by atoms with Crippen LogP contribution in [-0.4, -0.2) is 26.9 Å². The number of rotatable bonds is 8. The van der Waals surface area contributed by atoms with Gasteiger partial charge in [0.05, 0.1) is 9.85 Å². The molecule has 0 radical (unpaired) electrons. The van der Waals surface area contributed by atoms with Gasteiger partial charge in [0, 0.05) is 18.9 Å². The first-order valence-electron chi connectivity index (χ1n) is 6.17. The lowest BCUT2D eigenvalue weighted by Crippen LogP contribution is -2.10. The van der Waals surface area contributed by atoms with Gasteiger partial charge in [0.25, 0.3) is 0 Å². The zero-order valence-corrected chi connectivity index (χ0v) is 11.3. The monoisotopic (exact) mass is 312 g/mol. The van der Waals surface area contributed by atoms with E-state index >= 15 is 0 Å². The number of aliphatic carboxylic acids is 1. The summed E-state index contributed by atoms with van der Waals surface area (Å²) < 4.78 is 4.77. The third-order valence-electron chi connectivity index (χ3n) is 2.60. The molecule has 0 bridgehead atoms. The van der Waals surface area contributed by atoms with E-state index in [-0.39, 0.29) is 25.7 Å². The normalized spacial score (nSPS) is 10.0. The molecule has 0 fully saturated rings. The van der Waals surface area contributed by atoms with Gasteiger partial charge in [-0.15, -0.1) is 0 Å². The fourth-order valence-corrected chi connectivity index (χ4v) is 1.64. The fourth-order valence-electron chi connectivity index (χ4n) is 1.64. The molecule has 0 aliphatic rings. The third kappa shape index (κ3) is 4.81. The standard InChI is InChI=1S/C12H12N2O8/c15-10(16)6-1-2-7-11(17)22-9-5-3-4-8(13(18)19)12(9)14(20)21/h3-5H,1-2,6-7H2,(H,15,16). The zero-order valence-electron chi connectivity index (χ0n) is 11.3. The van der Waals surface area contributed by atoms with E-state index in [4.69, 9.17) is 9.84 Å². The number of nitrogens with zero attached hydrogens (tertiary/aromatic N) is 2. The average molecular weight is 312 g/mol. The number of para-hydroxylation sites is 1. The van der Waals surface area contributed by atoms with E-state index in [2.05, 4.69) is 0 Å². The largest absolute Gasteiger partial charge is 0.481 e. The Labute approximate surface area is 123 Å². The predicted molar refractivity (Wildman–Crippen MR) is 71.5 cm³/mol. The van der Waals surface area contributed by atoms with E-state index in [1.54, 1.807) is 0 Å². The highest BCUT2D eigenvalue weighted by atomic mass is 16.6. The maximum atomic E-state index is 11.6. The molecule has 0 aliphatic heterocycles. The Kier molecular flexibility index (Phi) is 5.93. The first kappa shape index (κ1) is 17.0. The minimum Gasteiger partial charge on any atom is -0.481 e. The number of hydrogen-bond donors (Lipinski definition) is 1. The fraction of sp³-hybridized carbons (Fsp3) is 0.333. The van der Waals surface area contributed by atoms with Crippen molar-refractivity contribution in [2.45, 2.75) is 25.7 Å². The van der Waals surface area contributed by atoms with Crippen molar-refractivity contribution < 1.29 is 29.3 Å². The number of nitro groups is 2. The number of hydrogen-bond acceptors (Lipinski definition) is 7. The quantitative estimate of drug-likeness (QED) is 0.252. The summed E-state index contributed by atoms with van der Waals surface area (Å²) in [5, 5.41) is 30.1. The maximum absolute atomic E-state index is 11.6. The predicted octanol–water partition coefficient (Wildman–Crippen LogP) is 2.05. The van der Waals surface area contributed by atoms with E-state index in [1.807, 2.05) is 0 Å². The lowest BCUT2D eigenvalue weighted by atomic mass is 10.2. The highest BCUT2D eigenvalue weighted by molar-refractivity contribution is 5.75. The number of carboxylic acid groups (broad SMARTS) is 1. The Bertz CT molecular complexity index is 613. The molecule has 1 aromatic rings. The van der Waals surface area contributed by atoms with Crippen LogP contribution in [0, 0.1) is 20.2 Å². The van der Waals surface area contributed by atoms with Gasteiger partial charge in [-0.05, 0) is 18.9 Å². The van der Waals surface area contributed by atoms with Crippen molar-refractivity contribution in [1.29, 1.82) is 0 Å². The van der Waals surface area contributed by atoms with Crippen LogP contribution in [-0.2, 0) is 9.59 Å². The molecule has 0 spiro atoms. The molecule has 1 aromatic carbocycles. The van der Waals surface area contributed by atoms with Crippen molar-refractivity contribution in [3.05, 3.63) is 38.4 Å². The van der Waals surface area contributed by atoms with Crippen molar-refractivity contribution in [3.8, 4) is 5.75 Å². The van der Waals surface area contributed by atoms with Gasteiger partial charge in [0.2, 0.25) is 5.75 Å². The van der Waals surface area contributed by atoms with Gasteiger partial charge >= 0.3 is 23.3 Å². The summed E-state index contributed by atoms with van der Waals surface area (Å²) in [6.45, 7) is 0. The molecule has 0 saturated carbocycles. The van der Waals surface area contributed by atoms with Crippen molar-refractivity contribution in [1.82, 2.24) is 0 Å². The van der Waals surface area contributed by atoms with Crippen LogP contribution < -0.4 is 4.74 Å². The third-order valence-corrected chi connectivity index (χ3v) is 2.60. The summed E-state index contributed by atoms with van der Waals surface area (Å²) in [4.78, 5) is 41.6. The number of nitro benzene ring substituents is 2. The summed E-state index contributed by atoms with van der Waals surface area (Å²) in [5.41, 5.74) is -1.67. The molecule has 10 nitrogen and oxygen atoms in total. The Morgan fingerprint density at radius 3 is 2.27 bits per heavy atom. The van der Waals surface area contributed by atoms with Crippen molar-refractivity contribution in [2.24, 2.45) is 0 Å². The van der Waals surface area contributed by atoms with Crippen LogP contribution in [0.4, 0.5) is 11.4 Å². The van der Waals surface area contributed by atoms with Gasteiger partial charge in [-0.3, -0.25) is 29.8 Å². The lowest BCUT2D eigenvalue weighted by molar-refractivity contribution is -0.423. The molecule has 0 heterocycles. The van der Waals surface area contributed by atoms with Gasteiger partial charge in [-0.1, -0.05) is 6.07 Å². The van der Waals surface area contributed by atoms with E-state index in [0.717, 1.165) is 18.2 Å². The van der Waals surface area contributed by atoms with Crippen LogP contribution in [0.5, 0.6) is 5.75 Å². The zero-order chi connectivity index (χ0) is 16.7. The Morgan fingerprint density at radius 2 is 1.73 bits per heavy atom. The first-order chi connectivity index (χ1) is 10.3. The molecule has 22 heavy (non-hydrogen) atoms. The average Bonchev–Trinajstić information content (AvgIpc) is 2.42. The number of ether oxygens (including phenoxy) is 1. The van der Waals surface area contributed by atoms with E-state index < -0.39 is 38.9 Å². The molecule has 10 heteroatoms. The number of esters is 1. The molecule has 0 atom stereocenters. The summed E-state index contributed by atoms with van der Waals surface area (Å²) >= 11 is 0. The number of unbranched alkanes of at least 4 members (excludes halogenated alkanes) is 1. The second-order valence-corrected chi connectivity index (χ2v) is 4.21. The van der Waals surface area contributed by atoms with Gasteiger partial charge in [0.1, 0.15) is 0 Å². The summed E-state index contributed by atoms with van der Waals surface area (Å²) in [7, 11) is 0. The molecular formula is C12H12N2O8. The van der Waals surface area contributed by atoms with Crippen molar-refractivity contribution >= 4 is 23.3 Å². The van der Waals surface area contributed by atoms with Crippen LogP contribution in [0.3, 0.4) is 0 Å². The summed E-state index contributed by atoms with van der Waals surface area (Å²) in [6, 6.07) is 3.18. The molecule has 0 unspecified atom stereocenters. The van der Waals surface area contributed by atoms with Gasteiger partial charge in [-0.2, -0.15) is 0 Å². The topological polar surface area (TPSA) is 150 Å².